The number of sulfonamides is 1. The van der Waals surface area contributed by atoms with E-state index in [1.807, 2.05) is 0 Å². The number of amides is 1. The first-order chi connectivity index (χ1) is 10.0. The lowest BCUT2D eigenvalue weighted by molar-refractivity contribution is -0.115. The summed E-state index contributed by atoms with van der Waals surface area (Å²) in [6.07, 6.45) is -0.250. The van der Waals surface area contributed by atoms with Crippen LogP contribution in [0.25, 0.3) is 0 Å². The summed E-state index contributed by atoms with van der Waals surface area (Å²) < 4.78 is 26.7. The fourth-order valence-electron chi connectivity index (χ4n) is 1.52. The van der Waals surface area contributed by atoms with Crippen molar-refractivity contribution in [3.63, 3.8) is 0 Å². The van der Waals surface area contributed by atoms with Crippen LogP contribution in [0.2, 0.25) is 0 Å². The third-order valence-corrected chi connectivity index (χ3v) is 4.74. The van der Waals surface area contributed by atoms with E-state index in [0.717, 1.165) is 0 Å². The van der Waals surface area contributed by atoms with Crippen molar-refractivity contribution in [1.29, 1.82) is 5.26 Å². The van der Waals surface area contributed by atoms with Gasteiger partial charge in [0.25, 0.3) is 10.0 Å². The summed E-state index contributed by atoms with van der Waals surface area (Å²) in [5, 5.41) is 13.2. The molecule has 0 saturated carbocycles. The standard InChI is InChI=1S/C13H11N3O3S2/c14-8-7-12(17)15-10-3-5-11(6-4-10)21(18,19)16-13-2-1-9-20-13/h1-6,9,16H,7H2,(H,15,17). The molecule has 0 fully saturated rings. The van der Waals surface area contributed by atoms with Gasteiger partial charge in [-0.05, 0) is 41.8 Å². The second kappa shape index (κ2) is 6.39. The molecular formula is C13H11N3O3S2. The Morgan fingerprint density at radius 1 is 1.24 bits per heavy atom. The van der Waals surface area contributed by atoms with Crippen LogP contribution in [-0.2, 0) is 14.8 Å². The molecule has 108 valence electrons. The summed E-state index contributed by atoms with van der Waals surface area (Å²) in [6, 6.07) is 10.9. The van der Waals surface area contributed by atoms with Crippen LogP contribution in [0.4, 0.5) is 10.7 Å². The highest BCUT2D eigenvalue weighted by molar-refractivity contribution is 7.93. The molecule has 2 rings (SSSR count). The molecule has 2 N–H and O–H groups in total. The van der Waals surface area contributed by atoms with Crippen molar-refractivity contribution in [2.75, 3.05) is 10.0 Å². The molecule has 0 atom stereocenters. The predicted octanol–water partition coefficient (Wildman–Crippen LogP) is 2.40. The van der Waals surface area contributed by atoms with E-state index in [4.69, 9.17) is 5.26 Å². The number of anilines is 2. The number of carbonyl (C=O) groups excluding carboxylic acids is 1. The topological polar surface area (TPSA) is 99.1 Å². The summed E-state index contributed by atoms with van der Waals surface area (Å²) in [4.78, 5) is 11.3. The first-order valence-corrected chi connectivity index (χ1v) is 8.21. The van der Waals surface area contributed by atoms with Crippen molar-refractivity contribution in [3.8, 4) is 6.07 Å². The number of benzene rings is 1. The monoisotopic (exact) mass is 321 g/mol. The molecule has 0 aliphatic rings. The fraction of sp³-hybridized carbons (Fsp3) is 0.0769. The van der Waals surface area contributed by atoms with E-state index in [1.165, 1.54) is 35.6 Å². The highest BCUT2D eigenvalue weighted by Gasteiger charge is 2.14. The molecule has 6 nitrogen and oxygen atoms in total. The Morgan fingerprint density at radius 3 is 2.52 bits per heavy atom. The van der Waals surface area contributed by atoms with Gasteiger partial charge in [0.1, 0.15) is 11.4 Å². The Hall–Kier alpha value is -2.37. The maximum Gasteiger partial charge on any atom is 0.262 e. The molecule has 0 aliphatic heterocycles. The second-order valence-electron chi connectivity index (χ2n) is 3.99. The van der Waals surface area contributed by atoms with Gasteiger partial charge in [0.05, 0.1) is 11.0 Å². The summed E-state index contributed by atoms with van der Waals surface area (Å²) >= 11 is 1.28. The lowest BCUT2D eigenvalue weighted by Crippen LogP contribution is -2.13. The molecule has 0 saturated heterocycles. The highest BCUT2D eigenvalue weighted by Crippen LogP contribution is 2.21. The van der Waals surface area contributed by atoms with Crippen molar-refractivity contribution in [2.24, 2.45) is 0 Å². The summed E-state index contributed by atoms with van der Waals surface area (Å²) in [5.74, 6) is -0.440. The van der Waals surface area contributed by atoms with Crippen molar-refractivity contribution in [1.82, 2.24) is 0 Å². The van der Waals surface area contributed by atoms with Crippen molar-refractivity contribution < 1.29 is 13.2 Å². The largest absolute Gasteiger partial charge is 0.325 e. The quantitative estimate of drug-likeness (QED) is 0.883. The first kappa shape index (κ1) is 15.0. The lowest BCUT2D eigenvalue weighted by Gasteiger charge is -2.07. The Bertz CT molecular complexity index is 760. The van der Waals surface area contributed by atoms with Gasteiger partial charge >= 0.3 is 0 Å². The summed E-state index contributed by atoms with van der Waals surface area (Å²) in [5.41, 5.74) is 0.435. The van der Waals surface area contributed by atoms with Crippen molar-refractivity contribution in [2.45, 2.75) is 11.3 Å². The predicted molar refractivity (Wildman–Crippen MR) is 80.4 cm³/mol. The number of nitrogens with one attached hydrogen (secondary N) is 2. The Morgan fingerprint density at radius 2 is 1.95 bits per heavy atom. The highest BCUT2D eigenvalue weighted by atomic mass is 32.2. The van der Waals surface area contributed by atoms with Gasteiger partial charge in [-0.25, -0.2) is 8.42 Å². The maximum atomic E-state index is 12.1. The lowest BCUT2D eigenvalue weighted by atomic mass is 10.3. The normalized spacial score (nSPS) is 10.6. The number of rotatable bonds is 5. The van der Waals surface area contributed by atoms with Gasteiger partial charge in [0.2, 0.25) is 5.91 Å². The molecule has 0 aliphatic carbocycles. The third kappa shape index (κ3) is 4.05. The molecule has 2 aromatic rings. The van der Waals surface area contributed by atoms with E-state index >= 15 is 0 Å². The van der Waals surface area contributed by atoms with Crippen molar-refractivity contribution in [3.05, 3.63) is 41.8 Å². The minimum absolute atomic E-state index is 0.0918. The Kier molecular flexibility index (Phi) is 4.57. The van der Waals surface area contributed by atoms with E-state index in [2.05, 4.69) is 10.0 Å². The molecule has 8 heteroatoms. The van der Waals surface area contributed by atoms with Crippen LogP contribution in [0.3, 0.4) is 0 Å². The Balaban J connectivity index is 2.11. The maximum absolute atomic E-state index is 12.1. The van der Waals surface area contributed by atoms with E-state index in [0.29, 0.717) is 10.7 Å². The van der Waals surface area contributed by atoms with Gasteiger partial charge in [-0.1, -0.05) is 0 Å². The van der Waals surface area contributed by atoms with Gasteiger partial charge in [-0.3, -0.25) is 9.52 Å². The van der Waals surface area contributed by atoms with Gasteiger partial charge in [-0.2, -0.15) is 5.26 Å². The molecule has 1 heterocycles. The van der Waals surface area contributed by atoms with Crippen LogP contribution < -0.4 is 10.0 Å². The Labute approximate surface area is 126 Å². The number of nitriles is 1. The summed E-state index contributed by atoms with van der Waals surface area (Å²) in [7, 11) is -3.64. The molecule has 1 aromatic heterocycles. The minimum atomic E-state index is -3.64. The average Bonchev–Trinajstić information content (AvgIpc) is 2.91. The van der Waals surface area contributed by atoms with E-state index in [-0.39, 0.29) is 11.3 Å². The van der Waals surface area contributed by atoms with Gasteiger partial charge in [0, 0.05) is 5.69 Å². The van der Waals surface area contributed by atoms with Crippen LogP contribution >= 0.6 is 11.3 Å². The second-order valence-corrected chi connectivity index (χ2v) is 6.62. The van der Waals surface area contributed by atoms with Crippen molar-refractivity contribution >= 4 is 38.0 Å². The molecule has 0 radical (unpaired) electrons. The number of nitrogens with zero attached hydrogens (tertiary/aromatic N) is 1. The van der Waals surface area contributed by atoms with Crippen LogP contribution in [0, 0.1) is 11.3 Å². The molecule has 0 bridgehead atoms. The third-order valence-electron chi connectivity index (χ3n) is 2.44. The van der Waals surface area contributed by atoms with E-state index in [9.17, 15) is 13.2 Å². The van der Waals surface area contributed by atoms with E-state index < -0.39 is 15.9 Å². The molecule has 1 aromatic carbocycles. The first-order valence-electron chi connectivity index (χ1n) is 5.84. The zero-order valence-corrected chi connectivity index (χ0v) is 12.4. The number of thiophene rings is 1. The average molecular weight is 321 g/mol. The van der Waals surface area contributed by atoms with E-state index in [1.54, 1.807) is 23.6 Å². The molecular weight excluding hydrogens is 310 g/mol. The van der Waals surface area contributed by atoms with Gasteiger partial charge < -0.3 is 5.32 Å². The summed E-state index contributed by atoms with van der Waals surface area (Å²) in [6.45, 7) is 0. The minimum Gasteiger partial charge on any atom is -0.325 e. The zero-order valence-electron chi connectivity index (χ0n) is 10.7. The SMILES string of the molecule is N#CCC(=O)Nc1ccc(S(=O)(=O)Nc2cccs2)cc1. The smallest absolute Gasteiger partial charge is 0.262 e. The molecule has 21 heavy (non-hydrogen) atoms. The fourth-order valence-corrected chi connectivity index (χ4v) is 3.45. The van der Waals surface area contributed by atoms with Crippen LogP contribution in [0.1, 0.15) is 6.42 Å². The molecule has 1 amide bonds. The van der Waals surface area contributed by atoms with Crippen LogP contribution in [0.15, 0.2) is 46.7 Å². The number of hydrogen-bond acceptors (Lipinski definition) is 5. The van der Waals surface area contributed by atoms with Crippen LogP contribution in [-0.4, -0.2) is 14.3 Å². The molecule has 0 spiro atoms. The zero-order chi connectivity index (χ0) is 15.3. The number of hydrogen-bond donors (Lipinski definition) is 2. The molecule has 0 unspecified atom stereocenters. The van der Waals surface area contributed by atoms with Gasteiger partial charge in [-0.15, -0.1) is 11.3 Å². The number of carbonyl (C=O) groups is 1. The van der Waals surface area contributed by atoms with Crippen LogP contribution in [0.5, 0.6) is 0 Å². The van der Waals surface area contributed by atoms with Gasteiger partial charge in [0.15, 0.2) is 0 Å².